The van der Waals surface area contributed by atoms with Crippen molar-refractivity contribution in [3.05, 3.63) is 51.5 Å². The summed E-state index contributed by atoms with van der Waals surface area (Å²) in [6.07, 6.45) is 1.43. The summed E-state index contributed by atoms with van der Waals surface area (Å²) in [7, 11) is 2.00. The topological polar surface area (TPSA) is 38.1 Å². The molecule has 0 radical (unpaired) electrons. The zero-order valence-corrected chi connectivity index (χ0v) is 12.2. The van der Waals surface area contributed by atoms with Crippen molar-refractivity contribution >= 4 is 15.9 Å². The molecule has 1 heterocycles. The maximum absolute atomic E-state index is 9.01. The van der Waals surface area contributed by atoms with Crippen LogP contribution in [0.4, 0.5) is 0 Å². The lowest BCUT2D eigenvalue weighted by atomic mass is 10.1. The van der Waals surface area contributed by atoms with Gasteiger partial charge in [-0.15, -0.1) is 0 Å². The molecule has 96 valence electrons. The van der Waals surface area contributed by atoms with Crippen LogP contribution in [0.15, 0.2) is 28.7 Å². The molecule has 18 heavy (non-hydrogen) atoms. The molecule has 2 aromatic rings. The summed E-state index contributed by atoms with van der Waals surface area (Å²) >= 11 is 3.48. The number of aliphatic hydroxyl groups excluding tert-OH is 1. The molecule has 0 amide bonds. The SMILES string of the molecule is Cc1c(Cc2cccc(Br)c2)nc(CCO)n1C. The molecule has 0 spiro atoms. The molecule has 1 aromatic carbocycles. The number of halogens is 1. The van der Waals surface area contributed by atoms with Crippen LogP contribution in [0.3, 0.4) is 0 Å². The van der Waals surface area contributed by atoms with Gasteiger partial charge < -0.3 is 9.67 Å². The molecule has 2 rings (SSSR count). The summed E-state index contributed by atoms with van der Waals surface area (Å²) in [4.78, 5) is 4.61. The molecule has 0 bridgehead atoms. The van der Waals surface area contributed by atoms with Gasteiger partial charge in [-0.25, -0.2) is 4.98 Å². The Balaban J connectivity index is 2.26. The number of aliphatic hydroxyl groups is 1. The van der Waals surface area contributed by atoms with Crippen molar-refractivity contribution in [2.24, 2.45) is 7.05 Å². The van der Waals surface area contributed by atoms with Crippen LogP contribution >= 0.6 is 15.9 Å². The summed E-state index contributed by atoms with van der Waals surface area (Å²) in [6.45, 7) is 2.21. The number of hydrogen-bond acceptors (Lipinski definition) is 2. The van der Waals surface area contributed by atoms with Gasteiger partial charge in [0.2, 0.25) is 0 Å². The third-order valence-corrected chi connectivity index (χ3v) is 3.66. The predicted molar refractivity (Wildman–Crippen MR) is 75.7 cm³/mol. The quantitative estimate of drug-likeness (QED) is 0.943. The standard InChI is InChI=1S/C14H17BrN2O/c1-10-13(16-14(6-7-18)17(10)2)9-11-4-3-5-12(15)8-11/h3-5,8,18H,6-7,9H2,1-2H3. The third kappa shape index (κ3) is 2.82. The van der Waals surface area contributed by atoms with E-state index in [0.29, 0.717) is 6.42 Å². The summed E-state index contributed by atoms with van der Waals surface area (Å²) in [5, 5.41) is 9.01. The summed E-state index contributed by atoms with van der Waals surface area (Å²) < 4.78 is 3.15. The van der Waals surface area contributed by atoms with Gasteiger partial charge in [-0.05, 0) is 24.6 Å². The molecule has 0 saturated heterocycles. The summed E-state index contributed by atoms with van der Waals surface area (Å²) in [5.74, 6) is 0.944. The predicted octanol–water partition coefficient (Wildman–Crippen LogP) is 2.62. The van der Waals surface area contributed by atoms with Gasteiger partial charge in [0.25, 0.3) is 0 Å². The van der Waals surface area contributed by atoms with E-state index < -0.39 is 0 Å². The minimum atomic E-state index is 0.140. The Kier molecular flexibility index (Phi) is 4.19. The Morgan fingerprint density at radius 1 is 1.39 bits per heavy atom. The number of aromatic nitrogens is 2. The second-order valence-corrected chi connectivity index (χ2v) is 5.32. The van der Waals surface area contributed by atoms with Crippen molar-refractivity contribution in [2.75, 3.05) is 6.61 Å². The van der Waals surface area contributed by atoms with E-state index in [1.807, 2.05) is 19.2 Å². The highest BCUT2D eigenvalue weighted by molar-refractivity contribution is 9.10. The molecular formula is C14H17BrN2O. The highest BCUT2D eigenvalue weighted by Gasteiger charge is 2.11. The van der Waals surface area contributed by atoms with Crippen molar-refractivity contribution in [3.63, 3.8) is 0 Å². The molecule has 0 aliphatic rings. The smallest absolute Gasteiger partial charge is 0.111 e. The van der Waals surface area contributed by atoms with E-state index in [-0.39, 0.29) is 6.61 Å². The fourth-order valence-electron chi connectivity index (χ4n) is 2.03. The largest absolute Gasteiger partial charge is 0.396 e. The molecular weight excluding hydrogens is 292 g/mol. The van der Waals surface area contributed by atoms with Gasteiger partial charge in [0.15, 0.2) is 0 Å². The van der Waals surface area contributed by atoms with E-state index in [0.717, 1.165) is 22.4 Å². The molecule has 0 aliphatic heterocycles. The Labute approximate surface area is 116 Å². The Morgan fingerprint density at radius 3 is 2.83 bits per heavy atom. The maximum Gasteiger partial charge on any atom is 0.111 e. The van der Waals surface area contributed by atoms with Gasteiger partial charge in [-0.2, -0.15) is 0 Å². The van der Waals surface area contributed by atoms with Gasteiger partial charge in [0.1, 0.15) is 5.82 Å². The Bertz CT molecular complexity index is 549. The van der Waals surface area contributed by atoms with Crippen LogP contribution in [-0.4, -0.2) is 21.3 Å². The molecule has 1 aromatic heterocycles. The average Bonchev–Trinajstić information content (AvgIpc) is 2.59. The van der Waals surface area contributed by atoms with Crippen molar-refractivity contribution in [1.29, 1.82) is 0 Å². The van der Waals surface area contributed by atoms with Crippen LogP contribution < -0.4 is 0 Å². The van der Waals surface area contributed by atoms with Crippen LogP contribution in [0.5, 0.6) is 0 Å². The highest BCUT2D eigenvalue weighted by Crippen LogP contribution is 2.17. The molecule has 0 saturated carbocycles. The van der Waals surface area contributed by atoms with Crippen molar-refractivity contribution < 1.29 is 5.11 Å². The van der Waals surface area contributed by atoms with Crippen molar-refractivity contribution in [3.8, 4) is 0 Å². The van der Waals surface area contributed by atoms with Crippen molar-refractivity contribution in [2.45, 2.75) is 19.8 Å². The van der Waals surface area contributed by atoms with Crippen LogP contribution in [0.2, 0.25) is 0 Å². The van der Waals surface area contributed by atoms with Gasteiger partial charge in [-0.3, -0.25) is 0 Å². The number of benzene rings is 1. The molecule has 0 fully saturated rings. The van der Waals surface area contributed by atoms with E-state index >= 15 is 0 Å². The van der Waals surface area contributed by atoms with E-state index in [9.17, 15) is 0 Å². The molecule has 0 aliphatic carbocycles. The van der Waals surface area contributed by atoms with Gasteiger partial charge in [0.05, 0.1) is 12.3 Å². The number of imidazole rings is 1. The highest BCUT2D eigenvalue weighted by atomic mass is 79.9. The first-order chi connectivity index (χ1) is 8.61. The third-order valence-electron chi connectivity index (χ3n) is 3.17. The lowest BCUT2D eigenvalue weighted by Crippen LogP contribution is -2.01. The number of nitrogens with zero attached hydrogens (tertiary/aromatic N) is 2. The zero-order valence-electron chi connectivity index (χ0n) is 10.7. The second-order valence-electron chi connectivity index (χ2n) is 4.40. The number of hydrogen-bond donors (Lipinski definition) is 1. The van der Waals surface area contributed by atoms with Gasteiger partial charge >= 0.3 is 0 Å². The average molecular weight is 309 g/mol. The lowest BCUT2D eigenvalue weighted by Gasteiger charge is -2.02. The summed E-state index contributed by atoms with van der Waals surface area (Å²) in [6, 6.07) is 8.27. The fraction of sp³-hybridized carbons (Fsp3) is 0.357. The van der Waals surface area contributed by atoms with Crippen LogP contribution in [0.25, 0.3) is 0 Å². The van der Waals surface area contributed by atoms with E-state index in [1.165, 1.54) is 11.3 Å². The molecule has 3 nitrogen and oxygen atoms in total. The lowest BCUT2D eigenvalue weighted by molar-refractivity contribution is 0.295. The van der Waals surface area contributed by atoms with Crippen LogP contribution in [-0.2, 0) is 19.9 Å². The minimum Gasteiger partial charge on any atom is -0.396 e. The minimum absolute atomic E-state index is 0.140. The maximum atomic E-state index is 9.01. The monoisotopic (exact) mass is 308 g/mol. The molecule has 0 atom stereocenters. The van der Waals surface area contributed by atoms with Crippen LogP contribution in [0, 0.1) is 6.92 Å². The Morgan fingerprint density at radius 2 is 2.17 bits per heavy atom. The van der Waals surface area contributed by atoms with E-state index in [1.54, 1.807) is 0 Å². The summed E-state index contributed by atoms with van der Waals surface area (Å²) in [5.41, 5.74) is 3.48. The zero-order chi connectivity index (χ0) is 13.1. The van der Waals surface area contributed by atoms with E-state index in [2.05, 4.69) is 44.5 Å². The first-order valence-corrected chi connectivity index (χ1v) is 6.77. The van der Waals surface area contributed by atoms with E-state index in [4.69, 9.17) is 5.11 Å². The Hall–Kier alpha value is -1.13. The molecule has 0 unspecified atom stereocenters. The fourth-order valence-corrected chi connectivity index (χ4v) is 2.48. The number of rotatable bonds is 4. The van der Waals surface area contributed by atoms with Gasteiger partial charge in [-0.1, -0.05) is 28.1 Å². The van der Waals surface area contributed by atoms with Gasteiger partial charge in [0, 0.05) is 30.1 Å². The normalized spacial score (nSPS) is 10.9. The molecule has 1 N–H and O–H groups in total. The van der Waals surface area contributed by atoms with Crippen molar-refractivity contribution in [1.82, 2.24) is 9.55 Å². The van der Waals surface area contributed by atoms with Crippen LogP contribution in [0.1, 0.15) is 22.8 Å². The second kappa shape index (κ2) is 5.67. The first kappa shape index (κ1) is 13.3. The first-order valence-electron chi connectivity index (χ1n) is 5.98. The molecule has 4 heteroatoms.